The fraction of sp³-hybridized carbons (Fsp3) is 0.200. The van der Waals surface area contributed by atoms with Crippen molar-refractivity contribution in [2.24, 2.45) is 0 Å². The maximum absolute atomic E-state index is 12.3. The van der Waals surface area contributed by atoms with Gasteiger partial charge in [-0.3, -0.25) is 4.79 Å². The van der Waals surface area contributed by atoms with Gasteiger partial charge in [0.25, 0.3) is 0 Å². The smallest absolute Gasteiger partial charge is 0.312 e. The highest BCUT2D eigenvalue weighted by atomic mass is 35.5. The number of aromatic nitrogens is 2. The van der Waals surface area contributed by atoms with E-state index in [0.717, 1.165) is 5.56 Å². The third kappa shape index (κ3) is 5.10. The summed E-state index contributed by atoms with van der Waals surface area (Å²) < 4.78 is 12.2. The van der Waals surface area contributed by atoms with Gasteiger partial charge in [-0.1, -0.05) is 53.5 Å². The molecule has 0 saturated carbocycles. The van der Waals surface area contributed by atoms with Gasteiger partial charge in [0, 0.05) is 13.2 Å². The minimum absolute atomic E-state index is 0.260. The molecule has 0 radical (unpaired) electrons. The van der Waals surface area contributed by atoms with Gasteiger partial charge in [-0.2, -0.15) is 5.10 Å². The van der Waals surface area contributed by atoms with Crippen molar-refractivity contribution < 1.29 is 14.3 Å². The van der Waals surface area contributed by atoms with Crippen LogP contribution in [0.1, 0.15) is 17.7 Å². The molecule has 0 aliphatic rings. The van der Waals surface area contributed by atoms with Crippen molar-refractivity contribution >= 4 is 29.2 Å². The minimum Gasteiger partial charge on any atom is -0.407 e. The van der Waals surface area contributed by atoms with Crippen LogP contribution in [0.2, 0.25) is 10.0 Å². The molecule has 0 spiro atoms. The number of carbonyl (C=O) groups excluding carboxylic acids is 1. The fourth-order valence-corrected chi connectivity index (χ4v) is 2.85. The Morgan fingerprint density at radius 3 is 2.56 bits per heavy atom. The Labute approximate surface area is 167 Å². The number of hydrogen-bond acceptors (Lipinski definition) is 4. The quantitative estimate of drug-likeness (QED) is 0.527. The van der Waals surface area contributed by atoms with Gasteiger partial charge in [-0.05, 0) is 30.2 Å². The summed E-state index contributed by atoms with van der Waals surface area (Å²) in [6.07, 6.45) is 0.863. The molecule has 0 saturated heterocycles. The molecule has 0 aliphatic carbocycles. The second-order valence-electron chi connectivity index (χ2n) is 5.88. The third-order valence-corrected chi connectivity index (χ3v) is 4.59. The average Bonchev–Trinajstić information content (AvgIpc) is 3.06. The van der Waals surface area contributed by atoms with Gasteiger partial charge in [-0.25, -0.2) is 4.68 Å². The van der Waals surface area contributed by atoms with Gasteiger partial charge in [0.2, 0.25) is 5.88 Å². The summed E-state index contributed by atoms with van der Waals surface area (Å²) in [5, 5.41) is 5.25. The Balaban J connectivity index is 1.78. The molecule has 0 N–H and O–H groups in total. The number of esters is 1. The van der Waals surface area contributed by atoms with E-state index in [9.17, 15) is 4.79 Å². The first-order chi connectivity index (χ1) is 13.1. The Kier molecular flexibility index (Phi) is 6.50. The molecule has 0 bridgehead atoms. The van der Waals surface area contributed by atoms with Crippen LogP contribution in [0, 0.1) is 0 Å². The highest BCUT2D eigenvalue weighted by Crippen LogP contribution is 2.27. The van der Waals surface area contributed by atoms with Crippen molar-refractivity contribution in [2.45, 2.75) is 19.4 Å². The van der Waals surface area contributed by atoms with Crippen LogP contribution in [-0.4, -0.2) is 22.9 Å². The Morgan fingerprint density at radius 2 is 1.85 bits per heavy atom. The van der Waals surface area contributed by atoms with E-state index in [1.54, 1.807) is 31.4 Å². The van der Waals surface area contributed by atoms with E-state index in [1.165, 1.54) is 4.68 Å². The maximum atomic E-state index is 12.3. The number of carbonyl (C=O) groups is 1. The van der Waals surface area contributed by atoms with Gasteiger partial charge in [0.15, 0.2) is 0 Å². The molecule has 0 atom stereocenters. The lowest BCUT2D eigenvalue weighted by atomic mass is 10.1. The van der Waals surface area contributed by atoms with Crippen LogP contribution in [0.25, 0.3) is 5.69 Å². The normalized spacial score (nSPS) is 10.8. The van der Waals surface area contributed by atoms with E-state index in [1.807, 2.05) is 30.3 Å². The average molecular weight is 405 g/mol. The lowest BCUT2D eigenvalue weighted by molar-refractivity contribution is -0.134. The van der Waals surface area contributed by atoms with Crippen molar-refractivity contribution in [2.75, 3.05) is 7.11 Å². The number of benzene rings is 2. The summed E-state index contributed by atoms with van der Waals surface area (Å²) in [6, 6.07) is 16.5. The third-order valence-electron chi connectivity index (χ3n) is 3.85. The Morgan fingerprint density at radius 1 is 1.07 bits per heavy atom. The van der Waals surface area contributed by atoms with Crippen molar-refractivity contribution in [3.8, 4) is 11.6 Å². The number of rotatable bonds is 7. The number of halogens is 2. The molecule has 27 heavy (non-hydrogen) atoms. The number of hydrogen-bond donors (Lipinski definition) is 0. The van der Waals surface area contributed by atoms with Crippen LogP contribution in [0.5, 0.6) is 5.88 Å². The fourth-order valence-electron chi connectivity index (χ4n) is 2.56. The van der Waals surface area contributed by atoms with E-state index < -0.39 is 0 Å². The molecule has 1 aromatic heterocycles. The SMILES string of the molecule is COCc1cc(OC(=O)CCc2ccccc2)n(-c2ccc(Cl)c(Cl)c2)n1. The summed E-state index contributed by atoms with van der Waals surface area (Å²) in [7, 11) is 1.57. The predicted octanol–water partition coefficient (Wildman–Crippen LogP) is 4.86. The van der Waals surface area contributed by atoms with Gasteiger partial charge < -0.3 is 9.47 Å². The first-order valence-electron chi connectivity index (χ1n) is 8.34. The molecule has 3 aromatic rings. The summed E-state index contributed by atoms with van der Waals surface area (Å²) in [6.45, 7) is 0.295. The standard InChI is InChI=1S/C20H18Cl2N2O3/c1-26-13-15-11-19(24(23-15)16-8-9-17(21)18(22)12-16)27-20(25)10-7-14-5-3-2-4-6-14/h2-6,8-9,11-12H,7,10,13H2,1H3. The Bertz CT molecular complexity index is 926. The van der Waals surface area contributed by atoms with Crippen LogP contribution in [0.3, 0.4) is 0 Å². The van der Waals surface area contributed by atoms with Gasteiger partial charge in [-0.15, -0.1) is 0 Å². The molecule has 7 heteroatoms. The molecule has 0 amide bonds. The monoisotopic (exact) mass is 404 g/mol. The van der Waals surface area contributed by atoms with Crippen molar-refractivity contribution in [1.82, 2.24) is 9.78 Å². The predicted molar refractivity (Wildman–Crippen MR) is 105 cm³/mol. The molecule has 1 heterocycles. The van der Waals surface area contributed by atoms with Crippen LogP contribution < -0.4 is 4.74 Å². The number of nitrogens with zero attached hydrogens (tertiary/aromatic N) is 2. The van der Waals surface area contributed by atoms with E-state index in [2.05, 4.69) is 5.10 Å². The largest absolute Gasteiger partial charge is 0.407 e. The maximum Gasteiger partial charge on any atom is 0.312 e. The second kappa shape index (κ2) is 9.04. The van der Waals surface area contributed by atoms with E-state index in [0.29, 0.717) is 40.3 Å². The highest BCUT2D eigenvalue weighted by Gasteiger charge is 2.15. The second-order valence-corrected chi connectivity index (χ2v) is 6.69. The van der Waals surface area contributed by atoms with Crippen LogP contribution >= 0.6 is 23.2 Å². The summed E-state index contributed by atoms with van der Waals surface area (Å²) in [4.78, 5) is 12.3. The lowest BCUT2D eigenvalue weighted by Gasteiger charge is -2.09. The molecular formula is C20H18Cl2N2O3. The molecule has 5 nitrogen and oxygen atoms in total. The number of methoxy groups -OCH3 is 1. The van der Waals surface area contributed by atoms with Crippen molar-refractivity contribution in [1.29, 1.82) is 0 Å². The lowest BCUT2D eigenvalue weighted by Crippen LogP contribution is -2.12. The molecular weight excluding hydrogens is 387 g/mol. The van der Waals surface area contributed by atoms with E-state index >= 15 is 0 Å². The minimum atomic E-state index is -0.343. The van der Waals surface area contributed by atoms with Crippen molar-refractivity contribution in [3.63, 3.8) is 0 Å². The van der Waals surface area contributed by atoms with Crippen LogP contribution in [-0.2, 0) is 22.6 Å². The topological polar surface area (TPSA) is 53.4 Å². The summed E-state index contributed by atoms with van der Waals surface area (Å²) in [5.74, 6) is -0.0393. The van der Waals surface area contributed by atoms with Crippen molar-refractivity contribution in [3.05, 3.63) is 75.9 Å². The molecule has 0 aliphatic heterocycles. The first kappa shape index (κ1) is 19.4. The molecule has 2 aromatic carbocycles. The van der Waals surface area contributed by atoms with Crippen LogP contribution in [0.4, 0.5) is 0 Å². The zero-order chi connectivity index (χ0) is 19.2. The summed E-state index contributed by atoms with van der Waals surface area (Å²) in [5.41, 5.74) is 2.35. The van der Waals surface area contributed by atoms with Crippen LogP contribution in [0.15, 0.2) is 54.6 Å². The zero-order valence-corrected chi connectivity index (χ0v) is 16.2. The molecule has 0 unspecified atom stereocenters. The van der Waals surface area contributed by atoms with E-state index in [4.69, 9.17) is 32.7 Å². The highest BCUT2D eigenvalue weighted by molar-refractivity contribution is 6.42. The molecule has 140 valence electrons. The first-order valence-corrected chi connectivity index (χ1v) is 9.10. The van der Waals surface area contributed by atoms with E-state index in [-0.39, 0.29) is 12.4 Å². The molecule has 0 fully saturated rings. The van der Waals surface area contributed by atoms with Gasteiger partial charge in [0.1, 0.15) is 0 Å². The van der Waals surface area contributed by atoms with Gasteiger partial charge in [0.05, 0.1) is 34.5 Å². The number of aryl methyl sites for hydroxylation is 1. The van der Waals surface area contributed by atoms with Gasteiger partial charge >= 0.3 is 5.97 Å². The molecule has 3 rings (SSSR count). The summed E-state index contributed by atoms with van der Waals surface area (Å²) >= 11 is 12.1. The zero-order valence-electron chi connectivity index (χ0n) is 14.7. The number of ether oxygens (including phenoxy) is 2. The Hall–Kier alpha value is -2.34.